The summed E-state index contributed by atoms with van der Waals surface area (Å²) in [6, 6.07) is 0.557. The average Bonchev–Trinajstić information content (AvgIpc) is 2.11. The van der Waals surface area contributed by atoms with Crippen molar-refractivity contribution in [2.45, 2.75) is 45.4 Å². The topological polar surface area (TPSA) is 27.6 Å². The van der Waals surface area contributed by atoms with Crippen LogP contribution in [0.2, 0.25) is 0 Å². The maximum atomic E-state index is 4.75. The fourth-order valence-electron chi connectivity index (χ4n) is 2.32. The smallest absolute Gasteiger partial charge is 0.157 e. The Kier molecular flexibility index (Phi) is 5.32. The molecule has 0 aromatic carbocycles. The quantitative estimate of drug-likeness (QED) is 0.838. The Morgan fingerprint density at radius 1 is 1.41 bits per heavy atom. The van der Waals surface area contributed by atoms with Crippen LogP contribution < -0.4 is 5.32 Å². The Balaban J connectivity index is 2.52. The summed E-state index contributed by atoms with van der Waals surface area (Å²) in [7, 11) is 4.24. The van der Waals surface area contributed by atoms with Gasteiger partial charge >= 0.3 is 0 Å². The molecule has 17 heavy (non-hydrogen) atoms. The Morgan fingerprint density at radius 2 is 2.06 bits per heavy atom. The first-order valence-corrected chi connectivity index (χ1v) is 7.29. The molecule has 1 heterocycles. The van der Waals surface area contributed by atoms with Crippen LogP contribution in [0.3, 0.4) is 0 Å². The lowest BCUT2D eigenvalue weighted by Gasteiger charge is -2.30. The van der Waals surface area contributed by atoms with Crippen LogP contribution in [0.1, 0.15) is 34.1 Å². The number of nitrogens with one attached hydrogen (secondary N) is 1. The van der Waals surface area contributed by atoms with Crippen molar-refractivity contribution >= 4 is 16.9 Å². The van der Waals surface area contributed by atoms with Crippen LogP contribution in [-0.4, -0.2) is 48.5 Å². The lowest BCUT2D eigenvalue weighted by Crippen LogP contribution is -2.39. The van der Waals surface area contributed by atoms with Gasteiger partial charge < -0.3 is 10.2 Å². The van der Waals surface area contributed by atoms with Crippen LogP contribution in [0, 0.1) is 5.41 Å². The van der Waals surface area contributed by atoms with Crippen molar-refractivity contribution in [2.75, 3.05) is 27.2 Å². The molecule has 1 aliphatic heterocycles. The SMILES string of the molecule is CC1CC(C)SC(=NCC(C)(C)CN(C)C)N1. The first kappa shape index (κ1) is 14.8. The third-order valence-corrected chi connectivity index (χ3v) is 3.83. The maximum absolute atomic E-state index is 4.75. The third kappa shape index (κ3) is 5.77. The van der Waals surface area contributed by atoms with Crippen LogP contribution >= 0.6 is 11.8 Å². The zero-order chi connectivity index (χ0) is 13.1. The van der Waals surface area contributed by atoms with Gasteiger partial charge in [-0.2, -0.15) is 0 Å². The van der Waals surface area contributed by atoms with Crippen LogP contribution in [0.4, 0.5) is 0 Å². The van der Waals surface area contributed by atoms with Crippen LogP contribution in [0.5, 0.6) is 0 Å². The Morgan fingerprint density at radius 3 is 2.59 bits per heavy atom. The summed E-state index contributed by atoms with van der Waals surface area (Å²) >= 11 is 1.87. The third-order valence-electron chi connectivity index (χ3n) is 2.76. The Bertz CT molecular complexity index is 262. The lowest BCUT2D eigenvalue weighted by molar-refractivity contribution is 0.249. The maximum Gasteiger partial charge on any atom is 0.157 e. The second kappa shape index (κ2) is 6.10. The van der Waals surface area contributed by atoms with E-state index in [2.05, 4.69) is 52.0 Å². The molecule has 100 valence electrons. The minimum Gasteiger partial charge on any atom is -0.362 e. The number of rotatable bonds is 4. The van der Waals surface area contributed by atoms with Gasteiger partial charge in [0.05, 0.1) is 0 Å². The summed E-state index contributed by atoms with van der Waals surface area (Å²) in [6.45, 7) is 11.0. The van der Waals surface area contributed by atoms with E-state index in [0.29, 0.717) is 11.3 Å². The molecular formula is C13H27N3S. The molecule has 1 rings (SSSR count). The number of nitrogens with zero attached hydrogens (tertiary/aromatic N) is 2. The van der Waals surface area contributed by atoms with E-state index in [9.17, 15) is 0 Å². The number of thioether (sulfide) groups is 1. The van der Waals surface area contributed by atoms with E-state index < -0.39 is 0 Å². The zero-order valence-electron chi connectivity index (χ0n) is 12.1. The molecule has 2 atom stereocenters. The second-order valence-corrected chi connectivity index (χ2v) is 7.66. The first-order valence-electron chi connectivity index (χ1n) is 6.41. The predicted octanol–water partition coefficient (Wildman–Crippen LogP) is 2.43. The van der Waals surface area contributed by atoms with E-state index in [1.807, 2.05) is 11.8 Å². The molecule has 1 N–H and O–H groups in total. The molecule has 0 aromatic heterocycles. The van der Waals surface area contributed by atoms with Gasteiger partial charge in [0, 0.05) is 24.4 Å². The van der Waals surface area contributed by atoms with Gasteiger partial charge in [-0.05, 0) is 32.9 Å². The van der Waals surface area contributed by atoms with Crippen LogP contribution in [0.25, 0.3) is 0 Å². The first-order chi connectivity index (χ1) is 7.78. The van der Waals surface area contributed by atoms with Gasteiger partial charge in [-0.1, -0.05) is 32.5 Å². The van der Waals surface area contributed by atoms with Gasteiger partial charge in [0.1, 0.15) is 0 Å². The van der Waals surface area contributed by atoms with E-state index in [1.54, 1.807) is 0 Å². The van der Waals surface area contributed by atoms with Crippen molar-refractivity contribution in [3.8, 4) is 0 Å². The monoisotopic (exact) mass is 257 g/mol. The van der Waals surface area contributed by atoms with Crippen molar-refractivity contribution in [2.24, 2.45) is 10.4 Å². The van der Waals surface area contributed by atoms with Gasteiger partial charge in [0.25, 0.3) is 0 Å². The molecule has 0 aliphatic carbocycles. The van der Waals surface area contributed by atoms with Crippen molar-refractivity contribution in [3.63, 3.8) is 0 Å². The molecule has 0 aromatic rings. The zero-order valence-corrected chi connectivity index (χ0v) is 12.9. The molecule has 1 saturated heterocycles. The summed E-state index contributed by atoms with van der Waals surface area (Å²) in [5.41, 5.74) is 0.239. The van der Waals surface area contributed by atoms with Gasteiger partial charge in [-0.3, -0.25) is 4.99 Å². The van der Waals surface area contributed by atoms with Crippen molar-refractivity contribution in [3.05, 3.63) is 0 Å². The molecule has 2 unspecified atom stereocenters. The number of hydrogen-bond acceptors (Lipinski definition) is 3. The predicted molar refractivity (Wildman–Crippen MR) is 78.9 cm³/mol. The summed E-state index contributed by atoms with van der Waals surface area (Å²) in [4.78, 5) is 6.98. The van der Waals surface area contributed by atoms with Crippen molar-refractivity contribution in [1.82, 2.24) is 10.2 Å². The van der Waals surface area contributed by atoms with E-state index >= 15 is 0 Å². The summed E-state index contributed by atoms with van der Waals surface area (Å²) < 4.78 is 0. The second-order valence-electron chi connectivity index (χ2n) is 6.23. The molecular weight excluding hydrogens is 230 g/mol. The summed E-state index contributed by atoms with van der Waals surface area (Å²) in [6.07, 6.45) is 1.23. The number of aliphatic imine (C=N–C) groups is 1. The molecule has 1 aliphatic rings. The highest BCUT2D eigenvalue weighted by atomic mass is 32.2. The fraction of sp³-hybridized carbons (Fsp3) is 0.923. The molecule has 0 bridgehead atoms. The Labute approximate surface area is 110 Å². The van der Waals surface area contributed by atoms with Gasteiger partial charge in [-0.15, -0.1) is 0 Å². The van der Waals surface area contributed by atoms with E-state index in [1.165, 1.54) is 6.42 Å². The highest BCUT2D eigenvalue weighted by Gasteiger charge is 2.22. The van der Waals surface area contributed by atoms with Gasteiger partial charge in [-0.25, -0.2) is 0 Å². The van der Waals surface area contributed by atoms with Crippen molar-refractivity contribution in [1.29, 1.82) is 0 Å². The molecule has 0 radical (unpaired) electrons. The largest absolute Gasteiger partial charge is 0.362 e. The van der Waals surface area contributed by atoms with E-state index in [4.69, 9.17) is 4.99 Å². The van der Waals surface area contributed by atoms with Crippen LogP contribution in [0.15, 0.2) is 4.99 Å². The standard InChI is InChI=1S/C13H27N3S/c1-10-7-11(2)17-12(15-10)14-8-13(3,4)9-16(5)6/h10-11H,7-9H2,1-6H3,(H,14,15). The number of amidine groups is 1. The minimum atomic E-state index is 0.239. The molecule has 1 fully saturated rings. The van der Waals surface area contributed by atoms with E-state index in [0.717, 1.165) is 18.3 Å². The number of hydrogen-bond donors (Lipinski definition) is 1. The molecule has 0 amide bonds. The molecule has 0 spiro atoms. The normalized spacial score (nSPS) is 28.5. The van der Waals surface area contributed by atoms with Crippen molar-refractivity contribution < 1.29 is 0 Å². The summed E-state index contributed by atoms with van der Waals surface area (Å²) in [5, 5.41) is 5.28. The lowest BCUT2D eigenvalue weighted by atomic mass is 9.93. The average molecular weight is 257 g/mol. The molecule has 4 heteroatoms. The highest BCUT2D eigenvalue weighted by molar-refractivity contribution is 8.14. The molecule has 0 saturated carbocycles. The van der Waals surface area contributed by atoms with Crippen LogP contribution in [-0.2, 0) is 0 Å². The Hall–Kier alpha value is -0.220. The van der Waals surface area contributed by atoms with Gasteiger partial charge in [0.15, 0.2) is 5.17 Å². The minimum absolute atomic E-state index is 0.239. The van der Waals surface area contributed by atoms with Gasteiger partial charge in [0.2, 0.25) is 0 Å². The summed E-state index contributed by atoms with van der Waals surface area (Å²) in [5.74, 6) is 0. The van der Waals surface area contributed by atoms with E-state index in [-0.39, 0.29) is 5.41 Å². The molecule has 3 nitrogen and oxygen atoms in total. The fourth-order valence-corrected chi connectivity index (χ4v) is 3.49. The highest BCUT2D eigenvalue weighted by Crippen LogP contribution is 2.23.